The van der Waals surface area contributed by atoms with E-state index in [1.54, 1.807) is 18.0 Å². The molecule has 0 aliphatic carbocycles. The van der Waals surface area contributed by atoms with E-state index in [1.165, 1.54) is 0 Å². The van der Waals surface area contributed by atoms with Crippen molar-refractivity contribution in [3.63, 3.8) is 0 Å². The second kappa shape index (κ2) is 4.39. The van der Waals surface area contributed by atoms with E-state index in [1.807, 2.05) is 0 Å². The van der Waals surface area contributed by atoms with Crippen LogP contribution in [0, 0.1) is 0 Å². The van der Waals surface area contributed by atoms with Gasteiger partial charge in [-0.1, -0.05) is 15.9 Å². The topological polar surface area (TPSA) is 46.5 Å². The number of aliphatic hydroxyl groups is 1. The summed E-state index contributed by atoms with van der Waals surface area (Å²) in [5.41, 5.74) is 0.705. The molecule has 0 amide bonds. The third-order valence-electron chi connectivity index (χ3n) is 1.70. The molecule has 1 rings (SSSR count). The van der Waals surface area contributed by atoms with E-state index in [4.69, 9.17) is 4.74 Å². The number of esters is 1. The summed E-state index contributed by atoms with van der Waals surface area (Å²) >= 11 is 6.13. The van der Waals surface area contributed by atoms with E-state index in [9.17, 15) is 9.90 Å². The second-order valence-electron chi connectivity index (χ2n) is 2.68. The molecule has 1 aliphatic rings. The lowest BCUT2D eigenvalue weighted by molar-refractivity contribution is -0.141. The molecule has 0 radical (unpaired) electrons. The Labute approximate surface area is 92.7 Å². The van der Waals surface area contributed by atoms with E-state index in [2.05, 4.69) is 31.9 Å². The van der Waals surface area contributed by atoms with Crippen molar-refractivity contribution in [2.24, 2.45) is 0 Å². The molecule has 0 bridgehead atoms. The van der Waals surface area contributed by atoms with Crippen molar-refractivity contribution < 1.29 is 14.6 Å². The van der Waals surface area contributed by atoms with Gasteiger partial charge in [0.05, 0.1) is 0 Å². The summed E-state index contributed by atoms with van der Waals surface area (Å²) in [5.74, 6) is -0.438. The van der Waals surface area contributed by atoms with Crippen molar-refractivity contribution in [2.75, 3.05) is 0 Å². The van der Waals surface area contributed by atoms with Crippen LogP contribution in [0.25, 0.3) is 0 Å². The summed E-state index contributed by atoms with van der Waals surface area (Å²) in [6.45, 7) is 1.74. The maximum absolute atomic E-state index is 10.9. The summed E-state index contributed by atoms with van der Waals surface area (Å²) in [7, 11) is 0. The second-order valence-corrected chi connectivity index (χ2v) is 3.99. The van der Waals surface area contributed by atoms with Crippen molar-refractivity contribution in [3.05, 3.63) is 21.1 Å². The van der Waals surface area contributed by atoms with Crippen molar-refractivity contribution in [1.82, 2.24) is 0 Å². The van der Waals surface area contributed by atoms with Gasteiger partial charge in [0.25, 0.3) is 0 Å². The Morgan fingerprint density at radius 3 is 2.85 bits per heavy atom. The van der Waals surface area contributed by atoms with Crippen LogP contribution < -0.4 is 0 Å². The fourth-order valence-electron chi connectivity index (χ4n) is 0.905. The zero-order chi connectivity index (χ0) is 10.0. The Kier molecular flexibility index (Phi) is 3.70. The fourth-order valence-corrected chi connectivity index (χ4v) is 1.53. The normalized spacial score (nSPS) is 25.5. The molecule has 72 valence electrons. The Morgan fingerprint density at radius 2 is 2.46 bits per heavy atom. The number of halogens is 2. The standard InChI is InChI=1S/C8H8Br2O3/c1-4(3-9)7(11)6-2-5(10)8(12)13-6/h2-3,6-7,11H,1H3/b4-3+/t6-,7-/m0/s1. The number of ether oxygens (including phenoxy) is 1. The van der Waals surface area contributed by atoms with Crippen LogP contribution in [-0.4, -0.2) is 23.3 Å². The molecule has 0 spiro atoms. The number of carbonyl (C=O) groups excluding carboxylic acids is 1. The van der Waals surface area contributed by atoms with Crippen LogP contribution in [0.2, 0.25) is 0 Å². The average Bonchev–Trinajstić information content (AvgIpc) is 2.44. The molecule has 0 fully saturated rings. The quantitative estimate of drug-likeness (QED) is 0.792. The molecule has 2 atom stereocenters. The van der Waals surface area contributed by atoms with E-state index >= 15 is 0 Å². The third-order valence-corrected chi connectivity index (χ3v) is 3.01. The molecule has 1 heterocycles. The molecule has 0 unspecified atom stereocenters. The van der Waals surface area contributed by atoms with Gasteiger partial charge >= 0.3 is 5.97 Å². The largest absolute Gasteiger partial charge is 0.451 e. The Balaban J connectivity index is 2.72. The maximum Gasteiger partial charge on any atom is 0.345 e. The van der Waals surface area contributed by atoms with Gasteiger partial charge in [0.1, 0.15) is 10.6 Å². The number of rotatable bonds is 2. The summed E-state index contributed by atoms with van der Waals surface area (Å²) in [4.78, 5) is 12.5. The summed E-state index contributed by atoms with van der Waals surface area (Å²) in [6.07, 6.45) is 0.168. The first-order valence-electron chi connectivity index (χ1n) is 3.59. The highest BCUT2D eigenvalue weighted by Gasteiger charge is 2.30. The Morgan fingerprint density at radius 1 is 1.85 bits per heavy atom. The van der Waals surface area contributed by atoms with Crippen molar-refractivity contribution in [2.45, 2.75) is 19.1 Å². The highest BCUT2D eigenvalue weighted by Crippen LogP contribution is 2.23. The first-order valence-corrected chi connectivity index (χ1v) is 5.30. The number of cyclic esters (lactones) is 1. The molecule has 5 heteroatoms. The van der Waals surface area contributed by atoms with Crippen LogP contribution in [0.4, 0.5) is 0 Å². The van der Waals surface area contributed by atoms with Gasteiger partial charge in [-0.15, -0.1) is 0 Å². The predicted molar refractivity (Wildman–Crippen MR) is 55.6 cm³/mol. The molecule has 1 N–H and O–H groups in total. The molecule has 13 heavy (non-hydrogen) atoms. The van der Waals surface area contributed by atoms with Gasteiger partial charge in [-0.3, -0.25) is 0 Å². The van der Waals surface area contributed by atoms with E-state index in [0.717, 1.165) is 0 Å². The van der Waals surface area contributed by atoms with Gasteiger partial charge < -0.3 is 9.84 Å². The molecular formula is C8H8Br2O3. The highest BCUT2D eigenvalue weighted by molar-refractivity contribution is 9.12. The number of aliphatic hydroxyl groups excluding tert-OH is 1. The lowest BCUT2D eigenvalue weighted by atomic mass is 10.1. The zero-order valence-electron chi connectivity index (χ0n) is 6.83. The lowest BCUT2D eigenvalue weighted by Crippen LogP contribution is -2.26. The van der Waals surface area contributed by atoms with Gasteiger partial charge in [0.2, 0.25) is 0 Å². The minimum atomic E-state index is -0.793. The number of hydrogen-bond acceptors (Lipinski definition) is 3. The summed E-state index contributed by atoms with van der Waals surface area (Å²) in [6, 6.07) is 0. The Bertz CT molecular complexity index is 283. The van der Waals surface area contributed by atoms with Gasteiger partial charge in [-0.25, -0.2) is 4.79 Å². The first-order chi connectivity index (χ1) is 6.06. The van der Waals surface area contributed by atoms with Crippen molar-refractivity contribution >= 4 is 37.8 Å². The third kappa shape index (κ3) is 2.42. The molecule has 0 saturated heterocycles. The first kappa shape index (κ1) is 10.9. The number of carbonyl (C=O) groups is 1. The minimum Gasteiger partial charge on any atom is -0.451 e. The average molecular weight is 312 g/mol. The van der Waals surface area contributed by atoms with Crippen LogP contribution in [0.5, 0.6) is 0 Å². The minimum absolute atomic E-state index is 0.360. The zero-order valence-corrected chi connectivity index (χ0v) is 10.0. The maximum atomic E-state index is 10.9. The van der Waals surface area contributed by atoms with Gasteiger partial charge in [-0.2, -0.15) is 0 Å². The molecular weight excluding hydrogens is 304 g/mol. The van der Waals surface area contributed by atoms with Crippen LogP contribution >= 0.6 is 31.9 Å². The molecule has 0 aromatic heterocycles. The van der Waals surface area contributed by atoms with Crippen LogP contribution in [0.1, 0.15) is 6.92 Å². The summed E-state index contributed by atoms with van der Waals surface area (Å²) < 4.78 is 5.23. The van der Waals surface area contributed by atoms with Gasteiger partial charge in [-0.05, 0) is 39.5 Å². The van der Waals surface area contributed by atoms with Gasteiger partial charge in [0, 0.05) is 0 Å². The SMILES string of the molecule is C/C(=C\Br)[C@H](O)[C@@H]1C=C(Br)C(=O)O1. The lowest BCUT2D eigenvalue weighted by Gasteiger charge is -2.15. The monoisotopic (exact) mass is 310 g/mol. The molecule has 1 aliphatic heterocycles. The van der Waals surface area contributed by atoms with Crippen molar-refractivity contribution in [1.29, 1.82) is 0 Å². The molecule has 0 aromatic rings. The number of hydrogen-bond donors (Lipinski definition) is 1. The highest BCUT2D eigenvalue weighted by atomic mass is 79.9. The van der Waals surface area contributed by atoms with Gasteiger partial charge in [0.15, 0.2) is 6.10 Å². The van der Waals surface area contributed by atoms with Crippen LogP contribution in [0.15, 0.2) is 21.1 Å². The van der Waals surface area contributed by atoms with Crippen molar-refractivity contribution in [3.8, 4) is 0 Å². The smallest absolute Gasteiger partial charge is 0.345 e. The van der Waals surface area contributed by atoms with E-state index < -0.39 is 18.2 Å². The van der Waals surface area contributed by atoms with E-state index in [-0.39, 0.29) is 0 Å². The molecule has 3 nitrogen and oxygen atoms in total. The van der Waals surface area contributed by atoms with Crippen LogP contribution in [-0.2, 0) is 9.53 Å². The predicted octanol–water partition coefficient (Wildman–Crippen LogP) is 1.85. The molecule has 0 aromatic carbocycles. The fraction of sp³-hybridized carbons (Fsp3) is 0.375. The Hall–Kier alpha value is -0.130. The summed E-state index contributed by atoms with van der Waals surface area (Å²) in [5, 5.41) is 9.61. The van der Waals surface area contributed by atoms with E-state index in [0.29, 0.717) is 10.1 Å². The molecule has 0 saturated carbocycles. The van der Waals surface area contributed by atoms with Crippen LogP contribution in [0.3, 0.4) is 0 Å².